The van der Waals surface area contributed by atoms with Gasteiger partial charge >= 0.3 is 5.97 Å². The highest BCUT2D eigenvalue weighted by molar-refractivity contribution is 6.17. The number of aryl methyl sites for hydroxylation is 2. The normalized spacial score (nSPS) is 10.9. The lowest BCUT2D eigenvalue weighted by molar-refractivity contribution is -0.131. The van der Waals surface area contributed by atoms with Crippen LogP contribution in [0.25, 0.3) is 6.08 Å². The smallest absolute Gasteiger partial charge is 0.328 e. The van der Waals surface area contributed by atoms with Crippen LogP contribution in [0, 0.1) is 6.92 Å². The number of halogens is 1. The van der Waals surface area contributed by atoms with Gasteiger partial charge in [-0.3, -0.25) is 0 Å². The molecule has 0 bridgehead atoms. The van der Waals surface area contributed by atoms with E-state index < -0.39 is 5.97 Å². The summed E-state index contributed by atoms with van der Waals surface area (Å²) in [6.45, 7) is 1.97. The molecule has 3 heteroatoms. The van der Waals surface area contributed by atoms with E-state index in [1.165, 1.54) is 5.56 Å². The van der Waals surface area contributed by atoms with E-state index in [1.54, 1.807) is 6.08 Å². The molecule has 0 heterocycles. The summed E-state index contributed by atoms with van der Waals surface area (Å²) in [6, 6.07) is 6.08. The van der Waals surface area contributed by atoms with Crippen LogP contribution in [0.3, 0.4) is 0 Å². The average Bonchev–Trinajstić information content (AvgIpc) is 2.26. The fraction of sp³-hybridized carbons (Fsp3) is 0.308. The Morgan fingerprint density at radius 3 is 2.88 bits per heavy atom. The highest BCUT2D eigenvalue weighted by atomic mass is 35.5. The van der Waals surface area contributed by atoms with E-state index in [2.05, 4.69) is 6.07 Å². The molecule has 0 radical (unpaired) electrons. The van der Waals surface area contributed by atoms with Crippen LogP contribution in [-0.4, -0.2) is 17.0 Å². The van der Waals surface area contributed by atoms with E-state index in [0.717, 1.165) is 30.0 Å². The van der Waals surface area contributed by atoms with Gasteiger partial charge in [0.25, 0.3) is 0 Å². The van der Waals surface area contributed by atoms with Crippen LogP contribution in [0.5, 0.6) is 0 Å². The van der Waals surface area contributed by atoms with Crippen molar-refractivity contribution in [3.63, 3.8) is 0 Å². The lowest BCUT2D eigenvalue weighted by Crippen LogP contribution is -1.91. The SMILES string of the molecule is Cc1ccc(CCCCl)cc1/C=C/C(=O)O. The standard InChI is InChI=1S/C13H15ClO2/c1-10-4-5-11(3-2-8-14)9-12(10)6-7-13(15)16/h4-7,9H,2-3,8H2,1H3,(H,15,16)/b7-6+. The molecule has 1 rings (SSSR count). The highest BCUT2D eigenvalue weighted by Crippen LogP contribution is 2.14. The van der Waals surface area contributed by atoms with Gasteiger partial charge in [-0.2, -0.15) is 0 Å². The van der Waals surface area contributed by atoms with Gasteiger partial charge in [-0.05, 0) is 42.5 Å². The maximum absolute atomic E-state index is 10.4. The van der Waals surface area contributed by atoms with Crippen molar-refractivity contribution >= 4 is 23.6 Å². The summed E-state index contributed by atoms with van der Waals surface area (Å²) in [6.07, 6.45) is 4.65. The molecule has 0 spiro atoms. The molecule has 0 saturated heterocycles. The minimum atomic E-state index is -0.925. The molecule has 0 aliphatic heterocycles. The number of hydrogen-bond donors (Lipinski definition) is 1. The molecular weight excluding hydrogens is 224 g/mol. The molecule has 0 saturated carbocycles. The number of hydrogen-bond acceptors (Lipinski definition) is 1. The number of aliphatic carboxylic acids is 1. The zero-order valence-corrected chi connectivity index (χ0v) is 10.00. The summed E-state index contributed by atoms with van der Waals surface area (Å²) in [5, 5.41) is 8.57. The van der Waals surface area contributed by atoms with Gasteiger partial charge in [-0.15, -0.1) is 11.6 Å². The molecule has 0 amide bonds. The van der Waals surface area contributed by atoms with Crippen molar-refractivity contribution in [2.24, 2.45) is 0 Å². The molecule has 2 nitrogen and oxygen atoms in total. The van der Waals surface area contributed by atoms with Gasteiger partial charge in [-0.25, -0.2) is 4.79 Å². The second kappa shape index (κ2) is 6.33. The minimum absolute atomic E-state index is 0.647. The van der Waals surface area contributed by atoms with Crippen LogP contribution in [0.1, 0.15) is 23.1 Å². The Balaban J connectivity index is 2.85. The molecule has 1 N–H and O–H groups in total. The third-order valence-electron chi connectivity index (χ3n) is 2.35. The van der Waals surface area contributed by atoms with Crippen LogP contribution < -0.4 is 0 Å². The van der Waals surface area contributed by atoms with E-state index >= 15 is 0 Å². The van der Waals surface area contributed by atoms with Crippen molar-refractivity contribution in [1.29, 1.82) is 0 Å². The Morgan fingerprint density at radius 1 is 1.50 bits per heavy atom. The number of alkyl halides is 1. The van der Waals surface area contributed by atoms with Gasteiger partial charge in [0.2, 0.25) is 0 Å². The number of carboxylic acids is 1. The predicted octanol–water partition coefficient (Wildman–Crippen LogP) is 3.26. The van der Waals surface area contributed by atoms with Gasteiger partial charge in [-0.1, -0.05) is 18.2 Å². The molecule has 1 aromatic rings. The molecule has 0 aliphatic carbocycles. The lowest BCUT2D eigenvalue weighted by Gasteiger charge is -2.04. The van der Waals surface area contributed by atoms with Crippen LogP contribution in [0.4, 0.5) is 0 Å². The van der Waals surface area contributed by atoms with Gasteiger partial charge in [0.05, 0.1) is 0 Å². The molecule has 0 aromatic heterocycles. The topological polar surface area (TPSA) is 37.3 Å². The van der Waals surface area contributed by atoms with Gasteiger partial charge in [0, 0.05) is 12.0 Å². The van der Waals surface area contributed by atoms with E-state index in [0.29, 0.717) is 5.88 Å². The third-order valence-corrected chi connectivity index (χ3v) is 2.62. The molecule has 86 valence electrons. The zero-order chi connectivity index (χ0) is 12.0. The summed E-state index contributed by atoms with van der Waals surface area (Å²) in [5.74, 6) is -0.278. The van der Waals surface area contributed by atoms with Crippen molar-refractivity contribution in [1.82, 2.24) is 0 Å². The summed E-state index contributed by atoms with van der Waals surface area (Å²) < 4.78 is 0. The number of rotatable bonds is 5. The van der Waals surface area contributed by atoms with Crippen molar-refractivity contribution in [3.8, 4) is 0 Å². The van der Waals surface area contributed by atoms with Crippen LogP contribution in [0.15, 0.2) is 24.3 Å². The highest BCUT2D eigenvalue weighted by Gasteiger charge is 1.98. The fourth-order valence-corrected chi connectivity index (χ4v) is 1.59. The van der Waals surface area contributed by atoms with Crippen LogP contribution >= 0.6 is 11.6 Å². The molecule has 1 aromatic carbocycles. The second-order valence-corrected chi connectivity index (χ2v) is 4.03. The van der Waals surface area contributed by atoms with Crippen molar-refractivity contribution < 1.29 is 9.90 Å². The van der Waals surface area contributed by atoms with E-state index in [1.807, 2.05) is 19.1 Å². The number of benzene rings is 1. The van der Waals surface area contributed by atoms with E-state index in [-0.39, 0.29) is 0 Å². The van der Waals surface area contributed by atoms with Crippen molar-refractivity contribution in [2.75, 3.05) is 5.88 Å². The first-order valence-electron chi connectivity index (χ1n) is 5.20. The summed E-state index contributed by atoms with van der Waals surface area (Å²) in [5.41, 5.74) is 3.22. The largest absolute Gasteiger partial charge is 0.478 e. The maximum atomic E-state index is 10.4. The lowest BCUT2D eigenvalue weighted by atomic mass is 10.0. The summed E-state index contributed by atoms with van der Waals surface area (Å²) >= 11 is 5.63. The Kier molecular flexibility index (Phi) is 5.06. The van der Waals surface area contributed by atoms with E-state index in [4.69, 9.17) is 16.7 Å². The third kappa shape index (κ3) is 4.07. The molecule has 0 aliphatic rings. The monoisotopic (exact) mass is 238 g/mol. The molecule has 0 atom stereocenters. The Hall–Kier alpha value is -1.28. The Labute approximate surface area is 101 Å². The summed E-state index contributed by atoms with van der Waals surface area (Å²) in [4.78, 5) is 10.4. The first-order valence-corrected chi connectivity index (χ1v) is 5.73. The molecule has 16 heavy (non-hydrogen) atoms. The minimum Gasteiger partial charge on any atom is -0.478 e. The van der Waals surface area contributed by atoms with Gasteiger partial charge in [0.1, 0.15) is 0 Å². The maximum Gasteiger partial charge on any atom is 0.328 e. The zero-order valence-electron chi connectivity index (χ0n) is 9.24. The quantitative estimate of drug-likeness (QED) is 0.632. The van der Waals surface area contributed by atoms with Crippen molar-refractivity contribution in [2.45, 2.75) is 19.8 Å². The molecule has 0 unspecified atom stereocenters. The second-order valence-electron chi connectivity index (χ2n) is 3.66. The van der Waals surface area contributed by atoms with Crippen LogP contribution in [-0.2, 0) is 11.2 Å². The van der Waals surface area contributed by atoms with Crippen molar-refractivity contribution in [3.05, 3.63) is 41.0 Å². The Morgan fingerprint density at radius 2 is 2.25 bits per heavy atom. The number of carboxylic acid groups (broad SMARTS) is 1. The summed E-state index contributed by atoms with van der Waals surface area (Å²) in [7, 11) is 0. The van der Waals surface area contributed by atoms with Gasteiger partial charge < -0.3 is 5.11 Å². The van der Waals surface area contributed by atoms with E-state index in [9.17, 15) is 4.79 Å². The average molecular weight is 239 g/mol. The van der Waals surface area contributed by atoms with Gasteiger partial charge in [0.15, 0.2) is 0 Å². The van der Waals surface area contributed by atoms with Crippen LogP contribution in [0.2, 0.25) is 0 Å². The first kappa shape index (κ1) is 12.8. The predicted molar refractivity (Wildman–Crippen MR) is 66.9 cm³/mol. The molecule has 0 fully saturated rings. The Bertz CT molecular complexity index is 397. The molecular formula is C13H15ClO2. The number of carbonyl (C=O) groups is 1. The fourth-order valence-electron chi connectivity index (χ4n) is 1.46. The first-order chi connectivity index (χ1) is 7.63.